The van der Waals surface area contributed by atoms with E-state index in [0.717, 1.165) is 11.3 Å². The van der Waals surface area contributed by atoms with Crippen molar-refractivity contribution in [2.24, 2.45) is 5.73 Å². The molecule has 0 aliphatic rings. The van der Waals surface area contributed by atoms with Crippen molar-refractivity contribution in [3.05, 3.63) is 35.9 Å². The molecule has 25 heavy (non-hydrogen) atoms. The number of hydrogen-bond acceptors (Lipinski definition) is 2. The van der Waals surface area contributed by atoms with Crippen LogP contribution >= 0.6 is 0 Å². The molecule has 0 fully saturated rings. The molecule has 3 nitrogen and oxygen atoms in total. The van der Waals surface area contributed by atoms with Gasteiger partial charge in [-0.25, -0.2) is 0 Å². The number of allylic oxidation sites excluding steroid dienone is 1. The molecule has 1 aromatic carbocycles. The molecule has 0 saturated heterocycles. The Bertz CT molecular complexity index is 654. The van der Waals surface area contributed by atoms with Crippen LogP contribution in [0, 0.1) is 11.5 Å². The second-order valence-corrected chi connectivity index (χ2v) is 12.9. The van der Waals surface area contributed by atoms with Crippen LogP contribution in [0.1, 0.15) is 47.1 Å². The molecular formula is C21H31NO2Si. The summed E-state index contributed by atoms with van der Waals surface area (Å²) in [5.74, 6) is 3.47. The van der Waals surface area contributed by atoms with Crippen molar-refractivity contribution in [2.75, 3.05) is 7.11 Å². The third-order valence-electron chi connectivity index (χ3n) is 5.04. The fourth-order valence-electron chi connectivity index (χ4n) is 3.73. The number of methoxy groups -OCH3 is 1. The molecule has 0 saturated carbocycles. The maximum absolute atomic E-state index is 11.9. The van der Waals surface area contributed by atoms with Crippen LogP contribution < -0.4 is 10.5 Å². The van der Waals surface area contributed by atoms with Gasteiger partial charge in [0.2, 0.25) is 5.91 Å². The molecule has 2 N–H and O–H groups in total. The number of nitrogens with two attached hydrogens (primary N) is 1. The molecule has 4 heteroatoms. The normalized spacial score (nSPS) is 12.3. The first kappa shape index (κ1) is 21.1. The third kappa shape index (κ3) is 4.76. The molecule has 0 aliphatic heterocycles. The highest BCUT2D eigenvalue weighted by molar-refractivity contribution is 6.90. The van der Waals surface area contributed by atoms with Crippen molar-refractivity contribution in [1.82, 2.24) is 0 Å². The molecule has 1 aromatic rings. The van der Waals surface area contributed by atoms with Crippen LogP contribution in [0.4, 0.5) is 0 Å². The van der Waals surface area contributed by atoms with Gasteiger partial charge in [-0.2, -0.15) is 0 Å². The summed E-state index contributed by atoms with van der Waals surface area (Å²) in [5.41, 5.74) is 12.0. The lowest BCUT2D eigenvalue weighted by atomic mass is 10.1. The van der Waals surface area contributed by atoms with Gasteiger partial charge in [-0.3, -0.25) is 4.79 Å². The van der Waals surface area contributed by atoms with Gasteiger partial charge >= 0.3 is 0 Å². The number of hydrogen-bond donors (Lipinski definition) is 1. The zero-order valence-corrected chi connectivity index (χ0v) is 17.5. The van der Waals surface area contributed by atoms with Crippen LogP contribution in [-0.2, 0) is 4.79 Å². The summed E-state index contributed by atoms with van der Waals surface area (Å²) in [7, 11) is -0.212. The summed E-state index contributed by atoms with van der Waals surface area (Å²) in [6.07, 6.45) is 1.68. The minimum atomic E-state index is -1.82. The van der Waals surface area contributed by atoms with E-state index in [0.29, 0.717) is 22.2 Å². The van der Waals surface area contributed by atoms with Gasteiger partial charge in [0.15, 0.2) is 0 Å². The van der Waals surface area contributed by atoms with Gasteiger partial charge in [-0.05, 0) is 34.3 Å². The third-order valence-corrected chi connectivity index (χ3v) is 11.3. The maximum atomic E-state index is 11.9. The molecule has 0 aromatic heterocycles. The van der Waals surface area contributed by atoms with Crippen LogP contribution in [0.25, 0.3) is 5.57 Å². The molecule has 0 bridgehead atoms. The number of carbonyl (C=O) groups excluding carboxylic acids is 1. The molecule has 0 radical (unpaired) electrons. The highest BCUT2D eigenvalue weighted by atomic mass is 28.3. The van der Waals surface area contributed by atoms with E-state index in [4.69, 9.17) is 10.5 Å². The van der Waals surface area contributed by atoms with Gasteiger partial charge in [-0.15, -0.1) is 5.54 Å². The summed E-state index contributed by atoms with van der Waals surface area (Å²) in [6, 6.07) is 7.29. The largest absolute Gasteiger partial charge is 0.497 e. The van der Waals surface area contributed by atoms with E-state index in [1.807, 2.05) is 24.3 Å². The minimum Gasteiger partial charge on any atom is -0.497 e. The van der Waals surface area contributed by atoms with Gasteiger partial charge in [0.25, 0.3) is 0 Å². The monoisotopic (exact) mass is 357 g/mol. The first-order valence-electron chi connectivity index (χ1n) is 8.83. The number of amides is 1. The highest BCUT2D eigenvalue weighted by Crippen LogP contribution is 2.40. The zero-order valence-electron chi connectivity index (χ0n) is 16.5. The molecule has 1 rings (SSSR count). The van der Waals surface area contributed by atoms with Gasteiger partial charge in [0.05, 0.1) is 12.7 Å². The van der Waals surface area contributed by atoms with Gasteiger partial charge in [0, 0.05) is 6.08 Å². The van der Waals surface area contributed by atoms with E-state index in [9.17, 15) is 4.79 Å². The number of carbonyl (C=O) groups is 1. The molecule has 0 unspecified atom stereocenters. The number of benzene rings is 1. The van der Waals surface area contributed by atoms with E-state index in [1.165, 1.54) is 0 Å². The molecular weight excluding hydrogens is 326 g/mol. The average Bonchev–Trinajstić information content (AvgIpc) is 2.53. The Hall–Kier alpha value is -1.99. The Morgan fingerprint density at radius 1 is 1.04 bits per heavy atom. The molecule has 0 spiro atoms. The van der Waals surface area contributed by atoms with E-state index in [2.05, 4.69) is 53.0 Å². The van der Waals surface area contributed by atoms with Crippen molar-refractivity contribution in [2.45, 2.75) is 58.2 Å². The topological polar surface area (TPSA) is 52.3 Å². The number of primary amides is 1. The summed E-state index contributed by atoms with van der Waals surface area (Å²) < 4.78 is 5.16. The predicted molar refractivity (Wildman–Crippen MR) is 109 cm³/mol. The van der Waals surface area contributed by atoms with Gasteiger partial charge in [-0.1, -0.05) is 59.6 Å². The Labute approximate surface area is 153 Å². The molecule has 1 amide bonds. The predicted octanol–water partition coefficient (Wildman–Crippen LogP) is 4.79. The Balaban J connectivity index is 3.33. The maximum Gasteiger partial charge on any atom is 0.249 e. The van der Waals surface area contributed by atoms with Crippen molar-refractivity contribution in [3.8, 4) is 17.2 Å². The van der Waals surface area contributed by atoms with Crippen LogP contribution in [0.3, 0.4) is 0 Å². The zero-order chi connectivity index (χ0) is 19.2. The summed E-state index contributed by atoms with van der Waals surface area (Å²) in [6.45, 7) is 13.6. The van der Waals surface area contributed by atoms with Crippen LogP contribution in [0.15, 0.2) is 30.3 Å². The van der Waals surface area contributed by atoms with E-state index in [-0.39, 0.29) is 0 Å². The Morgan fingerprint density at radius 3 is 1.88 bits per heavy atom. The first-order chi connectivity index (χ1) is 11.7. The van der Waals surface area contributed by atoms with Crippen LogP contribution in [0.2, 0.25) is 16.6 Å². The fourth-order valence-corrected chi connectivity index (χ4v) is 8.92. The summed E-state index contributed by atoms with van der Waals surface area (Å²) in [5, 5.41) is 0. The highest BCUT2D eigenvalue weighted by Gasteiger charge is 2.41. The number of ether oxygens (including phenoxy) is 1. The lowest BCUT2D eigenvalue weighted by Crippen LogP contribution is -2.43. The second-order valence-electron chi connectivity index (χ2n) is 7.32. The van der Waals surface area contributed by atoms with Crippen molar-refractivity contribution < 1.29 is 9.53 Å². The van der Waals surface area contributed by atoms with Crippen molar-refractivity contribution in [1.29, 1.82) is 0 Å². The summed E-state index contributed by atoms with van der Waals surface area (Å²) >= 11 is 0. The fraction of sp³-hybridized carbons (Fsp3) is 0.476. The minimum absolute atomic E-state index is 0.439. The summed E-state index contributed by atoms with van der Waals surface area (Å²) in [4.78, 5) is 11.9. The smallest absolute Gasteiger partial charge is 0.249 e. The van der Waals surface area contributed by atoms with E-state index < -0.39 is 14.0 Å². The van der Waals surface area contributed by atoms with E-state index >= 15 is 0 Å². The standard InChI is InChI=1S/C21H31NO2Si/c1-15(2)25(16(3)4,17(5)6)14-8-9-20(21(22)23)18-10-12-19(24-7)13-11-18/h9-13,15-17H,1-7H3,(H2,22,23)/b20-9-. The van der Waals surface area contributed by atoms with Gasteiger partial charge < -0.3 is 10.5 Å². The van der Waals surface area contributed by atoms with Crippen molar-refractivity contribution in [3.63, 3.8) is 0 Å². The van der Waals surface area contributed by atoms with E-state index in [1.54, 1.807) is 13.2 Å². The molecule has 0 heterocycles. The van der Waals surface area contributed by atoms with Crippen LogP contribution in [0.5, 0.6) is 5.75 Å². The van der Waals surface area contributed by atoms with Crippen molar-refractivity contribution >= 4 is 19.6 Å². The lowest BCUT2D eigenvalue weighted by Gasteiger charge is -2.38. The average molecular weight is 358 g/mol. The lowest BCUT2D eigenvalue weighted by molar-refractivity contribution is -0.112. The Morgan fingerprint density at radius 2 is 1.52 bits per heavy atom. The van der Waals surface area contributed by atoms with Gasteiger partial charge in [0.1, 0.15) is 13.8 Å². The molecule has 0 atom stereocenters. The first-order valence-corrected chi connectivity index (χ1v) is 11.1. The molecule has 136 valence electrons. The second kappa shape index (κ2) is 8.91. The molecule has 0 aliphatic carbocycles. The Kier molecular flexibility index (Phi) is 7.51. The van der Waals surface area contributed by atoms with Crippen LogP contribution in [-0.4, -0.2) is 21.1 Å². The quantitative estimate of drug-likeness (QED) is 0.452. The number of rotatable bonds is 6. The SMILES string of the molecule is COc1ccc(/C(=C/C#C[Si](C(C)C)(C(C)C)C(C)C)C(N)=O)cc1.